The van der Waals surface area contributed by atoms with E-state index in [9.17, 15) is 5.11 Å². The van der Waals surface area contributed by atoms with Gasteiger partial charge >= 0.3 is 0 Å². The van der Waals surface area contributed by atoms with Gasteiger partial charge in [-0.3, -0.25) is 0 Å². The normalized spacial score (nSPS) is 18.9. The minimum Gasteiger partial charge on any atom is -0.508 e. The number of hydrogen-bond donors (Lipinski definition) is 2. The predicted molar refractivity (Wildman–Crippen MR) is 86.0 cm³/mol. The van der Waals surface area contributed by atoms with Crippen molar-refractivity contribution in [2.45, 2.75) is 25.2 Å². The molecule has 0 amide bonds. The van der Waals surface area contributed by atoms with Crippen LogP contribution in [0.3, 0.4) is 0 Å². The SMILES string of the molecule is OCCCCN1C[C@@H](c2c(O)ccc(Cl)c2Cl)CC1=S. The van der Waals surface area contributed by atoms with E-state index < -0.39 is 0 Å². The molecule has 1 aliphatic rings. The molecule has 110 valence electrons. The summed E-state index contributed by atoms with van der Waals surface area (Å²) in [5, 5.41) is 19.7. The first-order valence-electron chi connectivity index (χ1n) is 6.60. The molecule has 0 unspecified atom stereocenters. The third-order valence-electron chi connectivity index (χ3n) is 3.57. The zero-order valence-electron chi connectivity index (χ0n) is 11.0. The van der Waals surface area contributed by atoms with E-state index in [1.54, 1.807) is 12.1 Å². The molecule has 1 aromatic carbocycles. The van der Waals surface area contributed by atoms with Gasteiger partial charge < -0.3 is 15.1 Å². The van der Waals surface area contributed by atoms with Crippen LogP contribution in [-0.2, 0) is 0 Å². The zero-order chi connectivity index (χ0) is 14.7. The van der Waals surface area contributed by atoms with Crippen LogP contribution in [-0.4, -0.2) is 39.8 Å². The number of benzene rings is 1. The van der Waals surface area contributed by atoms with Gasteiger partial charge in [-0.15, -0.1) is 0 Å². The molecule has 2 N–H and O–H groups in total. The third-order valence-corrected chi connectivity index (χ3v) is 4.81. The number of unbranched alkanes of at least 4 members (excludes halogenated alkanes) is 1. The molecule has 0 aliphatic carbocycles. The van der Waals surface area contributed by atoms with Gasteiger partial charge in [-0.1, -0.05) is 35.4 Å². The van der Waals surface area contributed by atoms with Crippen LogP contribution in [0.15, 0.2) is 12.1 Å². The molecule has 1 aromatic rings. The lowest BCUT2D eigenvalue weighted by molar-refractivity contribution is 0.277. The summed E-state index contributed by atoms with van der Waals surface area (Å²) in [4.78, 5) is 3.00. The molecule has 1 fully saturated rings. The van der Waals surface area contributed by atoms with E-state index in [1.807, 2.05) is 0 Å². The summed E-state index contributed by atoms with van der Waals surface area (Å²) in [5.74, 6) is 0.243. The van der Waals surface area contributed by atoms with Gasteiger partial charge in [-0.05, 0) is 25.0 Å². The van der Waals surface area contributed by atoms with Crippen molar-refractivity contribution in [2.24, 2.45) is 0 Å². The molecule has 1 aliphatic heterocycles. The quantitative estimate of drug-likeness (QED) is 0.638. The maximum atomic E-state index is 10.0. The molecule has 20 heavy (non-hydrogen) atoms. The van der Waals surface area contributed by atoms with Gasteiger partial charge in [-0.2, -0.15) is 0 Å². The van der Waals surface area contributed by atoms with Crippen LogP contribution in [0.1, 0.15) is 30.7 Å². The molecule has 0 aromatic heterocycles. The Balaban J connectivity index is 2.12. The molecule has 0 saturated carbocycles. The number of aliphatic hydroxyl groups is 1. The Morgan fingerprint density at radius 3 is 2.75 bits per heavy atom. The lowest BCUT2D eigenvalue weighted by atomic mass is 9.97. The smallest absolute Gasteiger partial charge is 0.120 e. The highest BCUT2D eigenvalue weighted by atomic mass is 35.5. The van der Waals surface area contributed by atoms with E-state index in [0.29, 0.717) is 22.0 Å². The maximum absolute atomic E-state index is 10.0. The summed E-state index contributed by atoms with van der Waals surface area (Å²) in [6.07, 6.45) is 2.37. The Morgan fingerprint density at radius 1 is 1.30 bits per heavy atom. The number of halogens is 2. The van der Waals surface area contributed by atoms with Crippen molar-refractivity contribution in [2.75, 3.05) is 19.7 Å². The summed E-state index contributed by atoms with van der Waals surface area (Å²) in [6.45, 7) is 1.76. The van der Waals surface area contributed by atoms with Crippen molar-refractivity contribution < 1.29 is 10.2 Å². The lowest BCUT2D eigenvalue weighted by Crippen LogP contribution is -2.25. The van der Waals surface area contributed by atoms with Gasteiger partial charge in [0.05, 0.1) is 15.0 Å². The average Bonchev–Trinajstić information content (AvgIpc) is 2.76. The van der Waals surface area contributed by atoms with Crippen LogP contribution in [0, 0.1) is 0 Å². The van der Waals surface area contributed by atoms with Gasteiger partial charge in [0.2, 0.25) is 0 Å². The fourth-order valence-electron chi connectivity index (χ4n) is 2.54. The summed E-state index contributed by atoms with van der Waals surface area (Å²) >= 11 is 17.6. The highest BCUT2D eigenvalue weighted by Gasteiger charge is 2.31. The zero-order valence-corrected chi connectivity index (χ0v) is 13.3. The van der Waals surface area contributed by atoms with Gasteiger partial charge in [-0.25, -0.2) is 0 Å². The van der Waals surface area contributed by atoms with Crippen LogP contribution in [0.2, 0.25) is 10.0 Å². The second-order valence-electron chi connectivity index (χ2n) is 4.97. The molecule has 1 atom stereocenters. The Morgan fingerprint density at radius 2 is 2.05 bits per heavy atom. The van der Waals surface area contributed by atoms with E-state index >= 15 is 0 Å². The minimum atomic E-state index is 0.0721. The van der Waals surface area contributed by atoms with Crippen molar-refractivity contribution in [1.29, 1.82) is 0 Å². The molecule has 2 rings (SSSR count). The largest absolute Gasteiger partial charge is 0.508 e. The molecule has 0 bridgehead atoms. The number of thiocarbonyl (C=S) groups is 1. The number of hydrogen-bond acceptors (Lipinski definition) is 3. The average molecular weight is 334 g/mol. The molecule has 0 radical (unpaired) electrons. The summed E-state index contributed by atoms with van der Waals surface area (Å²) in [7, 11) is 0. The summed E-state index contributed by atoms with van der Waals surface area (Å²) in [6, 6.07) is 3.16. The van der Waals surface area contributed by atoms with E-state index in [0.717, 1.165) is 30.9 Å². The number of rotatable bonds is 5. The topological polar surface area (TPSA) is 43.7 Å². The summed E-state index contributed by atoms with van der Waals surface area (Å²) in [5.41, 5.74) is 0.686. The predicted octanol–water partition coefficient (Wildman–Crippen LogP) is 3.59. The minimum absolute atomic E-state index is 0.0721. The van der Waals surface area contributed by atoms with Crippen LogP contribution >= 0.6 is 35.4 Å². The first-order valence-corrected chi connectivity index (χ1v) is 7.76. The van der Waals surface area contributed by atoms with Crippen LogP contribution in [0.25, 0.3) is 0 Å². The number of phenols is 1. The Bertz CT molecular complexity index is 510. The first-order chi connectivity index (χ1) is 9.54. The van der Waals surface area contributed by atoms with Crippen molar-refractivity contribution >= 4 is 40.4 Å². The Labute approximate surface area is 134 Å². The molecule has 1 heterocycles. The van der Waals surface area contributed by atoms with E-state index in [1.165, 1.54) is 0 Å². The number of aliphatic hydroxyl groups excluding tert-OH is 1. The van der Waals surface area contributed by atoms with Crippen LogP contribution < -0.4 is 0 Å². The number of phenolic OH excluding ortho intramolecular Hbond substituents is 1. The van der Waals surface area contributed by atoms with Crippen LogP contribution in [0.5, 0.6) is 5.75 Å². The molecular formula is C14H17Cl2NO2S. The van der Waals surface area contributed by atoms with Gasteiger partial charge in [0.1, 0.15) is 5.75 Å². The van der Waals surface area contributed by atoms with Gasteiger partial charge in [0, 0.05) is 37.6 Å². The van der Waals surface area contributed by atoms with Crippen molar-refractivity contribution in [3.8, 4) is 5.75 Å². The maximum Gasteiger partial charge on any atom is 0.120 e. The highest BCUT2D eigenvalue weighted by molar-refractivity contribution is 7.80. The standard InChI is InChI=1S/C14H17Cl2NO2S/c15-10-3-4-11(19)13(14(10)16)9-7-12(20)17(8-9)5-1-2-6-18/h3-4,9,18-19H,1-2,5-8H2/t9-/m0/s1. The molecule has 3 nitrogen and oxygen atoms in total. The molecule has 0 spiro atoms. The van der Waals surface area contributed by atoms with Crippen molar-refractivity contribution in [1.82, 2.24) is 4.90 Å². The van der Waals surface area contributed by atoms with Crippen molar-refractivity contribution in [3.05, 3.63) is 27.7 Å². The Hall–Kier alpha value is -0.550. The van der Waals surface area contributed by atoms with E-state index in [-0.39, 0.29) is 18.3 Å². The van der Waals surface area contributed by atoms with E-state index in [2.05, 4.69) is 4.90 Å². The fourth-order valence-corrected chi connectivity index (χ4v) is 3.39. The third kappa shape index (κ3) is 3.37. The number of aromatic hydroxyl groups is 1. The van der Waals surface area contributed by atoms with Gasteiger partial charge in [0.15, 0.2) is 0 Å². The highest BCUT2D eigenvalue weighted by Crippen LogP contribution is 2.41. The fraction of sp³-hybridized carbons (Fsp3) is 0.500. The van der Waals surface area contributed by atoms with Crippen molar-refractivity contribution in [3.63, 3.8) is 0 Å². The molecular weight excluding hydrogens is 317 g/mol. The van der Waals surface area contributed by atoms with E-state index in [4.69, 9.17) is 40.5 Å². The monoisotopic (exact) mass is 333 g/mol. The number of nitrogens with zero attached hydrogens (tertiary/aromatic N) is 1. The lowest BCUT2D eigenvalue weighted by Gasteiger charge is -2.19. The molecule has 6 heteroatoms. The molecule has 1 saturated heterocycles. The second-order valence-corrected chi connectivity index (χ2v) is 6.22. The van der Waals surface area contributed by atoms with Crippen LogP contribution in [0.4, 0.5) is 0 Å². The summed E-state index contributed by atoms with van der Waals surface area (Å²) < 4.78 is 0. The Kier molecular flexibility index (Phi) is 5.49. The van der Waals surface area contributed by atoms with Gasteiger partial charge in [0.25, 0.3) is 0 Å². The number of likely N-dealkylation sites (tertiary alicyclic amines) is 1. The second kappa shape index (κ2) is 6.94. The first kappa shape index (κ1) is 15.8.